The van der Waals surface area contributed by atoms with Gasteiger partial charge in [0.05, 0.1) is 0 Å². The number of rotatable bonds is 4. The van der Waals surface area contributed by atoms with Gasteiger partial charge in [0.2, 0.25) is 5.91 Å². The highest BCUT2D eigenvalue weighted by Gasteiger charge is 2.42. The first-order valence-electron chi connectivity index (χ1n) is 6.53. The van der Waals surface area contributed by atoms with Crippen LogP contribution in [-0.4, -0.2) is 30.5 Å². The summed E-state index contributed by atoms with van der Waals surface area (Å²) in [6.45, 7) is 0.472. The van der Waals surface area contributed by atoms with Crippen LogP contribution < -0.4 is 15.0 Å². The van der Waals surface area contributed by atoms with Crippen molar-refractivity contribution in [2.24, 2.45) is 0 Å². The Balaban J connectivity index is 2.24. The summed E-state index contributed by atoms with van der Waals surface area (Å²) in [6.07, 6.45) is 0.459. The second kappa shape index (κ2) is 5.67. The van der Waals surface area contributed by atoms with Crippen LogP contribution in [0.4, 0.5) is 14.5 Å². The number of nitrogens with one attached hydrogen (secondary N) is 1. The fourth-order valence-corrected chi connectivity index (χ4v) is 2.17. The Hall–Kier alpha value is -2.18. The standard InChI is InChI=1S/C14H16F2N2O3/c1-3-14(2)12(20)18(8-11(19)17-14)9-4-6-10(7-5-9)21-13(15)16/h4-7,13H,3,8H2,1-2H3,(H,17,19). The van der Waals surface area contributed by atoms with Gasteiger partial charge in [-0.1, -0.05) is 6.92 Å². The molecule has 21 heavy (non-hydrogen) atoms. The van der Waals surface area contributed by atoms with Crippen molar-refractivity contribution in [1.82, 2.24) is 5.32 Å². The summed E-state index contributed by atoms with van der Waals surface area (Å²) in [5.74, 6) is -0.486. The predicted molar refractivity (Wildman–Crippen MR) is 72.3 cm³/mol. The molecule has 0 spiro atoms. The van der Waals surface area contributed by atoms with E-state index in [1.54, 1.807) is 13.8 Å². The second-order valence-corrected chi connectivity index (χ2v) is 5.00. The van der Waals surface area contributed by atoms with Gasteiger partial charge in [-0.15, -0.1) is 0 Å². The zero-order valence-electron chi connectivity index (χ0n) is 11.7. The number of amides is 2. The van der Waals surface area contributed by atoms with Crippen LogP contribution in [0.2, 0.25) is 0 Å². The van der Waals surface area contributed by atoms with Crippen molar-refractivity contribution in [1.29, 1.82) is 0 Å². The summed E-state index contributed by atoms with van der Waals surface area (Å²) >= 11 is 0. The average Bonchev–Trinajstić information content (AvgIpc) is 2.43. The van der Waals surface area contributed by atoms with E-state index in [1.165, 1.54) is 29.2 Å². The van der Waals surface area contributed by atoms with Gasteiger partial charge < -0.3 is 15.0 Å². The van der Waals surface area contributed by atoms with Crippen LogP contribution in [0.25, 0.3) is 0 Å². The van der Waals surface area contributed by atoms with Gasteiger partial charge in [0.15, 0.2) is 0 Å². The summed E-state index contributed by atoms with van der Waals surface area (Å²) in [6, 6.07) is 5.63. The number of halogens is 2. The van der Waals surface area contributed by atoms with Crippen LogP contribution in [0, 0.1) is 0 Å². The Labute approximate surface area is 120 Å². The van der Waals surface area contributed by atoms with E-state index in [0.717, 1.165) is 0 Å². The van der Waals surface area contributed by atoms with E-state index in [1.807, 2.05) is 0 Å². The first-order chi connectivity index (χ1) is 9.85. The minimum Gasteiger partial charge on any atom is -0.435 e. The molecule has 114 valence electrons. The lowest BCUT2D eigenvalue weighted by Crippen LogP contribution is -2.65. The molecule has 0 saturated carbocycles. The van der Waals surface area contributed by atoms with Crippen molar-refractivity contribution in [2.75, 3.05) is 11.4 Å². The minimum atomic E-state index is -2.90. The highest BCUT2D eigenvalue weighted by Crippen LogP contribution is 2.26. The van der Waals surface area contributed by atoms with E-state index in [2.05, 4.69) is 10.1 Å². The number of carbonyl (C=O) groups excluding carboxylic acids is 2. The van der Waals surface area contributed by atoms with Crippen molar-refractivity contribution < 1.29 is 23.1 Å². The number of piperazine rings is 1. The Morgan fingerprint density at radius 3 is 2.48 bits per heavy atom. The summed E-state index contributed by atoms with van der Waals surface area (Å²) in [7, 11) is 0. The second-order valence-electron chi connectivity index (χ2n) is 5.00. The third kappa shape index (κ3) is 3.12. The van der Waals surface area contributed by atoms with Crippen LogP contribution in [0.5, 0.6) is 5.75 Å². The van der Waals surface area contributed by atoms with E-state index < -0.39 is 12.2 Å². The Bertz CT molecular complexity index is 548. The van der Waals surface area contributed by atoms with Gasteiger partial charge in [-0.05, 0) is 37.6 Å². The number of hydrogen-bond donors (Lipinski definition) is 1. The van der Waals surface area contributed by atoms with Crippen LogP contribution in [0.3, 0.4) is 0 Å². The smallest absolute Gasteiger partial charge is 0.387 e. The number of nitrogens with zero attached hydrogens (tertiary/aromatic N) is 1. The van der Waals surface area contributed by atoms with Crippen molar-refractivity contribution in [3.05, 3.63) is 24.3 Å². The molecule has 1 aromatic rings. The molecular weight excluding hydrogens is 282 g/mol. The zero-order chi connectivity index (χ0) is 15.6. The van der Waals surface area contributed by atoms with Gasteiger partial charge in [-0.2, -0.15) is 8.78 Å². The summed E-state index contributed by atoms with van der Waals surface area (Å²) < 4.78 is 28.4. The van der Waals surface area contributed by atoms with Crippen molar-refractivity contribution in [3.63, 3.8) is 0 Å². The lowest BCUT2D eigenvalue weighted by Gasteiger charge is -2.39. The Kier molecular flexibility index (Phi) is 4.11. The quantitative estimate of drug-likeness (QED) is 0.924. The fourth-order valence-electron chi connectivity index (χ4n) is 2.17. The molecule has 1 unspecified atom stereocenters. The van der Waals surface area contributed by atoms with Crippen molar-refractivity contribution in [3.8, 4) is 5.75 Å². The average molecular weight is 298 g/mol. The molecule has 1 fully saturated rings. The number of benzene rings is 1. The fraction of sp³-hybridized carbons (Fsp3) is 0.429. The third-order valence-corrected chi connectivity index (χ3v) is 3.51. The molecular formula is C14H16F2N2O3. The molecule has 5 nitrogen and oxygen atoms in total. The highest BCUT2D eigenvalue weighted by molar-refractivity contribution is 6.08. The molecule has 2 rings (SSSR count). The van der Waals surface area contributed by atoms with E-state index in [9.17, 15) is 18.4 Å². The SMILES string of the molecule is CCC1(C)NC(=O)CN(c2ccc(OC(F)F)cc2)C1=O. The van der Waals surface area contributed by atoms with Crippen LogP contribution >= 0.6 is 0 Å². The molecule has 1 aliphatic heterocycles. The van der Waals surface area contributed by atoms with Crippen LogP contribution in [0.15, 0.2) is 24.3 Å². The molecule has 1 atom stereocenters. The molecule has 1 heterocycles. The van der Waals surface area contributed by atoms with E-state index in [0.29, 0.717) is 12.1 Å². The first kappa shape index (κ1) is 15.2. The maximum Gasteiger partial charge on any atom is 0.387 e. The predicted octanol–water partition coefficient (Wildman–Crippen LogP) is 1.92. The van der Waals surface area contributed by atoms with Crippen molar-refractivity contribution >= 4 is 17.5 Å². The lowest BCUT2D eigenvalue weighted by molar-refractivity contribution is -0.135. The molecule has 1 saturated heterocycles. The molecule has 1 N–H and O–H groups in total. The van der Waals surface area contributed by atoms with Gasteiger partial charge in [0, 0.05) is 5.69 Å². The number of anilines is 1. The van der Waals surface area contributed by atoms with E-state index in [4.69, 9.17) is 0 Å². The normalized spacial score (nSPS) is 22.4. The van der Waals surface area contributed by atoms with Gasteiger partial charge in [-0.3, -0.25) is 9.59 Å². The van der Waals surface area contributed by atoms with Gasteiger partial charge >= 0.3 is 6.61 Å². The van der Waals surface area contributed by atoms with Crippen molar-refractivity contribution in [2.45, 2.75) is 32.4 Å². The Morgan fingerprint density at radius 2 is 1.95 bits per heavy atom. The summed E-state index contributed by atoms with van der Waals surface area (Å²) in [5, 5.41) is 2.68. The summed E-state index contributed by atoms with van der Waals surface area (Å²) in [4.78, 5) is 25.5. The number of hydrogen-bond acceptors (Lipinski definition) is 3. The van der Waals surface area contributed by atoms with Gasteiger partial charge in [0.1, 0.15) is 17.8 Å². The first-order valence-corrected chi connectivity index (χ1v) is 6.53. The van der Waals surface area contributed by atoms with E-state index >= 15 is 0 Å². The molecule has 0 aliphatic carbocycles. The summed E-state index contributed by atoms with van der Waals surface area (Å²) in [5.41, 5.74) is -0.482. The minimum absolute atomic E-state index is 0.000846. The topological polar surface area (TPSA) is 58.6 Å². The third-order valence-electron chi connectivity index (χ3n) is 3.51. The van der Waals surface area contributed by atoms with E-state index in [-0.39, 0.29) is 24.1 Å². The van der Waals surface area contributed by atoms with Crippen LogP contribution in [0.1, 0.15) is 20.3 Å². The maximum atomic E-state index is 12.4. The molecule has 0 aromatic heterocycles. The highest BCUT2D eigenvalue weighted by atomic mass is 19.3. The molecule has 2 amide bonds. The molecule has 7 heteroatoms. The largest absolute Gasteiger partial charge is 0.435 e. The van der Waals surface area contributed by atoms with Gasteiger partial charge in [-0.25, -0.2) is 0 Å². The monoisotopic (exact) mass is 298 g/mol. The molecule has 0 radical (unpaired) electrons. The molecule has 0 bridgehead atoms. The Morgan fingerprint density at radius 1 is 1.33 bits per heavy atom. The zero-order valence-corrected chi connectivity index (χ0v) is 11.7. The molecule has 1 aromatic carbocycles. The molecule has 1 aliphatic rings. The number of carbonyl (C=O) groups is 2. The number of ether oxygens (including phenoxy) is 1. The lowest BCUT2D eigenvalue weighted by atomic mass is 9.94. The maximum absolute atomic E-state index is 12.4. The van der Waals surface area contributed by atoms with Gasteiger partial charge in [0.25, 0.3) is 5.91 Å². The number of alkyl halides is 2. The van der Waals surface area contributed by atoms with Crippen LogP contribution in [-0.2, 0) is 9.59 Å².